The van der Waals surface area contributed by atoms with E-state index in [1.54, 1.807) is 24.5 Å². The molecule has 0 unspecified atom stereocenters. The molecule has 1 aromatic carbocycles. The molecule has 1 heterocycles. The van der Waals surface area contributed by atoms with E-state index < -0.39 is 0 Å². The van der Waals surface area contributed by atoms with Gasteiger partial charge in [-0.05, 0) is 23.6 Å². The van der Waals surface area contributed by atoms with E-state index in [1.165, 1.54) is 0 Å². The lowest BCUT2D eigenvalue weighted by molar-refractivity contribution is 0.112. The van der Waals surface area contributed by atoms with E-state index in [1.807, 2.05) is 29.6 Å². The number of para-hydroxylation sites is 1. The third-order valence-electron chi connectivity index (χ3n) is 2.16. The van der Waals surface area contributed by atoms with Crippen molar-refractivity contribution >= 4 is 17.6 Å². The summed E-state index contributed by atoms with van der Waals surface area (Å²) < 4.78 is 5.27. The molecule has 0 aliphatic rings. The second-order valence-corrected chi connectivity index (χ2v) is 3.97. The smallest absolute Gasteiger partial charge is 0.153 e. The largest absolute Gasteiger partial charge is 0.495 e. The van der Waals surface area contributed by atoms with Crippen LogP contribution in [0.15, 0.2) is 35.7 Å². The van der Waals surface area contributed by atoms with E-state index in [0.717, 1.165) is 16.7 Å². The Bertz CT molecular complexity index is 460. The molecule has 2 rings (SSSR count). The molecule has 0 saturated heterocycles. The molecule has 1 aromatic heterocycles. The third-order valence-corrected chi connectivity index (χ3v) is 3.07. The first kappa shape index (κ1) is 9.93. The minimum absolute atomic E-state index is 0.586. The average molecular weight is 218 g/mol. The lowest BCUT2D eigenvalue weighted by Gasteiger charge is -2.08. The van der Waals surface area contributed by atoms with Crippen LogP contribution in [0.5, 0.6) is 5.75 Å². The van der Waals surface area contributed by atoms with Crippen molar-refractivity contribution in [1.82, 2.24) is 0 Å². The number of rotatable bonds is 3. The Labute approximate surface area is 92.1 Å². The summed E-state index contributed by atoms with van der Waals surface area (Å²) in [7, 11) is 1.58. The molecule has 0 spiro atoms. The Morgan fingerprint density at radius 2 is 2.13 bits per heavy atom. The van der Waals surface area contributed by atoms with Gasteiger partial charge in [-0.25, -0.2) is 0 Å². The molecule has 0 atom stereocenters. The SMILES string of the molecule is COc1c(C=O)cccc1-c1cccs1. The van der Waals surface area contributed by atoms with Gasteiger partial charge >= 0.3 is 0 Å². The standard InChI is InChI=1S/C12H10O2S/c1-14-12-9(8-13)4-2-5-10(12)11-6-3-7-15-11/h2-8H,1H3. The van der Waals surface area contributed by atoms with E-state index in [4.69, 9.17) is 4.74 Å². The molecule has 0 saturated carbocycles. The van der Waals surface area contributed by atoms with Gasteiger partial charge in [0.2, 0.25) is 0 Å². The second kappa shape index (κ2) is 4.28. The number of ether oxygens (including phenoxy) is 1. The Balaban J connectivity index is 2.61. The molecule has 0 bridgehead atoms. The van der Waals surface area contributed by atoms with Crippen molar-refractivity contribution in [3.63, 3.8) is 0 Å². The zero-order valence-electron chi connectivity index (χ0n) is 8.27. The zero-order valence-corrected chi connectivity index (χ0v) is 9.08. The Morgan fingerprint density at radius 3 is 2.73 bits per heavy atom. The van der Waals surface area contributed by atoms with Crippen LogP contribution in [0.2, 0.25) is 0 Å². The maximum atomic E-state index is 10.8. The summed E-state index contributed by atoms with van der Waals surface area (Å²) in [5.41, 5.74) is 1.56. The zero-order chi connectivity index (χ0) is 10.7. The molecule has 3 heteroatoms. The summed E-state index contributed by atoms with van der Waals surface area (Å²) in [6.07, 6.45) is 0.815. The van der Waals surface area contributed by atoms with Crippen molar-refractivity contribution < 1.29 is 9.53 Å². The minimum atomic E-state index is 0.586. The van der Waals surface area contributed by atoms with Gasteiger partial charge in [0, 0.05) is 10.4 Å². The number of hydrogen-bond acceptors (Lipinski definition) is 3. The highest BCUT2D eigenvalue weighted by molar-refractivity contribution is 7.13. The predicted octanol–water partition coefficient (Wildman–Crippen LogP) is 3.24. The fourth-order valence-corrected chi connectivity index (χ4v) is 2.25. The summed E-state index contributed by atoms with van der Waals surface area (Å²) in [4.78, 5) is 11.9. The highest BCUT2D eigenvalue weighted by Gasteiger charge is 2.10. The highest BCUT2D eigenvalue weighted by Crippen LogP contribution is 2.34. The topological polar surface area (TPSA) is 26.3 Å². The Morgan fingerprint density at radius 1 is 1.27 bits per heavy atom. The summed E-state index contributed by atoms with van der Waals surface area (Å²) >= 11 is 1.63. The number of carbonyl (C=O) groups excluding carboxylic acids is 1. The van der Waals surface area contributed by atoms with Gasteiger partial charge in [-0.3, -0.25) is 4.79 Å². The van der Waals surface area contributed by atoms with Crippen molar-refractivity contribution in [3.8, 4) is 16.2 Å². The predicted molar refractivity (Wildman–Crippen MR) is 61.7 cm³/mol. The lowest BCUT2D eigenvalue weighted by Crippen LogP contribution is -1.92. The van der Waals surface area contributed by atoms with Crippen LogP contribution < -0.4 is 4.74 Å². The van der Waals surface area contributed by atoms with E-state index in [-0.39, 0.29) is 0 Å². The molecule has 0 aliphatic heterocycles. The van der Waals surface area contributed by atoms with Crippen molar-refractivity contribution in [1.29, 1.82) is 0 Å². The first-order valence-electron chi connectivity index (χ1n) is 4.53. The maximum Gasteiger partial charge on any atom is 0.153 e. The summed E-state index contributed by atoms with van der Waals surface area (Å²) in [6, 6.07) is 9.56. The molecule has 0 aliphatic carbocycles. The van der Waals surface area contributed by atoms with Crippen LogP contribution in [-0.2, 0) is 0 Å². The van der Waals surface area contributed by atoms with Crippen molar-refractivity contribution in [3.05, 3.63) is 41.3 Å². The van der Waals surface area contributed by atoms with Gasteiger partial charge in [-0.1, -0.05) is 12.1 Å². The van der Waals surface area contributed by atoms with Gasteiger partial charge in [0.1, 0.15) is 5.75 Å². The normalized spacial score (nSPS) is 9.93. The number of benzene rings is 1. The van der Waals surface area contributed by atoms with E-state index in [2.05, 4.69) is 0 Å². The van der Waals surface area contributed by atoms with Crippen LogP contribution in [0.1, 0.15) is 10.4 Å². The minimum Gasteiger partial charge on any atom is -0.495 e. The molecular formula is C12H10O2S. The maximum absolute atomic E-state index is 10.8. The average Bonchev–Trinajstić information content (AvgIpc) is 2.81. The Kier molecular flexibility index (Phi) is 2.83. The summed E-state index contributed by atoms with van der Waals surface area (Å²) in [5.74, 6) is 0.648. The highest BCUT2D eigenvalue weighted by atomic mass is 32.1. The molecule has 0 amide bonds. The fourth-order valence-electron chi connectivity index (χ4n) is 1.50. The van der Waals surface area contributed by atoms with Crippen LogP contribution in [0.3, 0.4) is 0 Å². The Hall–Kier alpha value is -1.61. The first-order valence-corrected chi connectivity index (χ1v) is 5.41. The number of methoxy groups -OCH3 is 1. The van der Waals surface area contributed by atoms with Crippen LogP contribution in [0, 0.1) is 0 Å². The third kappa shape index (κ3) is 1.78. The number of thiophene rings is 1. The molecule has 0 N–H and O–H groups in total. The van der Waals surface area contributed by atoms with Gasteiger partial charge in [-0.15, -0.1) is 11.3 Å². The van der Waals surface area contributed by atoms with E-state index >= 15 is 0 Å². The van der Waals surface area contributed by atoms with Gasteiger partial charge in [0.05, 0.1) is 12.7 Å². The van der Waals surface area contributed by atoms with E-state index in [0.29, 0.717) is 11.3 Å². The summed E-state index contributed by atoms with van der Waals surface area (Å²) in [5, 5.41) is 2.00. The van der Waals surface area contributed by atoms with Crippen molar-refractivity contribution in [2.75, 3.05) is 7.11 Å². The molecule has 2 nitrogen and oxygen atoms in total. The fraction of sp³-hybridized carbons (Fsp3) is 0.0833. The van der Waals surface area contributed by atoms with E-state index in [9.17, 15) is 4.79 Å². The van der Waals surface area contributed by atoms with Crippen LogP contribution in [0.25, 0.3) is 10.4 Å². The number of aldehydes is 1. The number of hydrogen-bond donors (Lipinski definition) is 0. The molecule has 2 aromatic rings. The molecule has 76 valence electrons. The van der Waals surface area contributed by atoms with Crippen LogP contribution in [-0.4, -0.2) is 13.4 Å². The molecular weight excluding hydrogens is 208 g/mol. The van der Waals surface area contributed by atoms with Gasteiger partial charge < -0.3 is 4.74 Å². The molecule has 0 radical (unpaired) electrons. The van der Waals surface area contributed by atoms with Crippen molar-refractivity contribution in [2.45, 2.75) is 0 Å². The lowest BCUT2D eigenvalue weighted by atomic mass is 10.1. The number of carbonyl (C=O) groups is 1. The van der Waals surface area contributed by atoms with Gasteiger partial charge in [-0.2, -0.15) is 0 Å². The van der Waals surface area contributed by atoms with Crippen molar-refractivity contribution in [2.24, 2.45) is 0 Å². The molecule has 15 heavy (non-hydrogen) atoms. The second-order valence-electron chi connectivity index (χ2n) is 3.02. The van der Waals surface area contributed by atoms with Gasteiger partial charge in [0.25, 0.3) is 0 Å². The van der Waals surface area contributed by atoms with Crippen LogP contribution >= 0.6 is 11.3 Å². The summed E-state index contributed by atoms with van der Waals surface area (Å²) in [6.45, 7) is 0. The quantitative estimate of drug-likeness (QED) is 0.739. The van der Waals surface area contributed by atoms with Crippen LogP contribution in [0.4, 0.5) is 0 Å². The van der Waals surface area contributed by atoms with Gasteiger partial charge in [0.15, 0.2) is 6.29 Å². The monoisotopic (exact) mass is 218 g/mol. The first-order chi connectivity index (χ1) is 7.36. The molecule has 0 fully saturated rings.